The molecule has 0 saturated carbocycles. The molecule has 0 fully saturated rings. The normalized spacial score (nSPS) is 16.4. The first-order chi connectivity index (χ1) is 8.29. The number of nitrogen functional groups attached to an aromatic ring is 1. The van der Waals surface area contributed by atoms with Crippen LogP contribution in [-0.4, -0.2) is 5.71 Å². The number of hydrogen-bond donors (Lipinski definition) is 2. The number of nitriles is 1. The molecule has 3 nitrogen and oxygen atoms in total. The molecule has 19 heavy (non-hydrogen) atoms. The number of thiophene rings is 1. The average Bonchev–Trinajstić information content (AvgIpc) is 2.53. The van der Waals surface area contributed by atoms with Gasteiger partial charge in [0.1, 0.15) is 11.1 Å². The van der Waals surface area contributed by atoms with E-state index in [1.54, 1.807) is 6.92 Å². The van der Waals surface area contributed by atoms with Crippen molar-refractivity contribution in [2.75, 3.05) is 5.73 Å². The molecule has 0 unspecified atom stereocenters. The number of nitrogens with one attached hydrogen (secondary N) is 1. The number of hydrogen-bond acceptors (Lipinski definition) is 4. The predicted molar refractivity (Wildman–Crippen MR) is 83.7 cm³/mol. The minimum absolute atomic E-state index is 0. The molecular formula is C15H21N3S. The SMILES string of the molecule is C.CC(=N)C1=C(C)C(C)(C)Cc2c1sc(N)c2C#N. The number of fused-ring (bicyclic) bond motifs is 1. The standard InChI is InChI=1S/C14H17N3S.CH4/c1-7-11(8(2)16)12-9(5-14(7,3)4)10(6-15)13(17)18-12;/h16H,5,17H2,1-4H3;1H4. The molecule has 0 aromatic carbocycles. The Morgan fingerprint density at radius 1 is 1.47 bits per heavy atom. The highest BCUT2D eigenvalue weighted by Gasteiger charge is 2.35. The van der Waals surface area contributed by atoms with Crippen molar-refractivity contribution in [1.29, 1.82) is 10.7 Å². The molecule has 0 radical (unpaired) electrons. The van der Waals surface area contributed by atoms with Gasteiger partial charge in [-0.15, -0.1) is 11.3 Å². The van der Waals surface area contributed by atoms with Crippen LogP contribution >= 0.6 is 11.3 Å². The molecule has 3 N–H and O–H groups in total. The zero-order valence-corrected chi connectivity index (χ0v) is 12.0. The first-order valence-electron chi connectivity index (χ1n) is 5.88. The van der Waals surface area contributed by atoms with Gasteiger partial charge in [0.2, 0.25) is 0 Å². The summed E-state index contributed by atoms with van der Waals surface area (Å²) in [6, 6.07) is 2.21. The molecule has 0 aliphatic heterocycles. The second kappa shape index (κ2) is 4.82. The van der Waals surface area contributed by atoms with E-state index in [0.29, 0.717) is 16.3 Å². The van der Waals surface area contributed by atoms with Crippen LogP contribution in [0.25, 0.3) is 5.57 Å². The number of nitrogens with two attached hydrogens (primary N) is 1. The smallest absolute Gasteiger partial charge is 0.105 e. The highest BCUT2D eigenvalue weighted by molar-refractivity contribution is 7.17. The largest absolute Gasteiger partial charge is 0.389 e. The lowest BCUT2D eigenvalue weighted by molar-refractivity contribution is 0.440. The molecule has 0 amide bonds. The second-order valence-corrected chi connectivity index (χ2v) is 6.50. The Bertz CT molecular complexity index is 612. The van der Waals surface area contributed by atoms with E-state index in [0.717, 1.165) is 22.4 Å². The van der Waals surface area contributed by atoms with Crippen molar-refractivity contribution in [3.63, 3.8) is 0 Å². The summed E-state index contributed by atoms with van der Waals surface area (Å²) in [4.78, 5) is 1.02. The van der Waals surface area contributed by atoms with Gasteiger partial charge in [-0.05, 0) is 31.2 Å². The monoisotopic (exact) mass is 275 g/mol. The van der Waals surface area contributed by atoms with Crippen molar-refractivity contribution >= 4 is 27.6 Å². The van der Waals surface area contributed by atoms with E-state index in [4.69, 9.17) is 11.1 Å². The lowest BCUT2D eigenvalue weighted by Gasteiger charge is -2.33. The van der Waals surface area contributed by atoms with Crippen LogP contribution in [0.15, 0.2) is 5.57 Å². The minimum atomic E-state index is -0.0241. The van der Waals surface area contributed by atoms with E-state index < -0.39 is 0 Å². The van der Waals surface area contributed by atoms with Crippen molar-refractivity contribution in [1.82, 2.24) is 0 Å². The fourth-order valence-electron chi connectivity index (χ4n) is 2.51. The van der Waals surface area contributed by atoms with Crippen LogP contribution < -0.4 is 5.73 Å². The summed E-state index contributed by atoms with van der Waals surface area (Å²) < 4.78 is 0. The molecule has 1 aliphatic carbocycles. The highest BCUT2D eigenvalue weighted by Crippen LogP contribution is 2.48. The highest BCUT2D eigenvalue weighted by atomic mass is 32.1. The van der Waals surface area contributed by atoms with Crippen molar-refractivity contribution < 1.29 is 0 Å². The number of rotatable bonds is 1. The van der Waals surface area contributed by atoms with Gasteiger partial charge in [0.15, 0.2) is 0 Å². The van der Waals surface area contributed by atoms with E-state index in [-0.39, 0.29) is 12.8 Å². The predicted octanol–water partition coefficient (Wildman–Crippen LogP) is 4.23. The second-order valence-electron chi connectivity index (χ2n) is 5.45. The van der Waals surface area contributed by atoms with Crippen molar-refractivity contribution in [3.05, 3.63) is 21.6 Å². The van der Waals surface area contributed by atoms with Crippen molar-refractivity contribution in [2.45, 2.75) is 41.5 Å². The summed E-state index contributed by atoms with van der Waals surface area (Å²) in [5.41, 5.74) is 10.3. The third-order valence-corrected chi connectivity index (χ3v) is 4.84. The zero-order chi connectivity index (χ0) is 13.7. The van der Waals surface area contributed by atoms with Crippen LogP contribution in [0.3, 0.4) is 0 Å². The Kier molecular flexibility index (Phi) is 3.92. The van der Waals surface area contributed by atoms with Gasteiger partial charge >= 0.3 is 0 Å². The Morgan fingerprint density at radius 3 is 2.53 bits per heavy atom. The molecule has 1 heterocycles. The maximum Gasteiger partial charge on any atom is 0.105 e. The number of nitrogens with zero attached hydrogens (tertiary/aromatic N) is 1. The molecule has 4 heteroatoms. The van der Waals surface area contributed by atoms with Gasteiger partial charge in [0, 0.05) is 16.2 Å². The summed E-state index contributed by atoms with van der Waals surface area (Å²) in [5.74, 6) is 0. The quantitative estimate of drug-likeness (QED) is 0.752. The van der Waals surface area contributed by atoms with Gasteiger partial charge in [-0.3, -0.25) is 0 Å². The Morgan fingerprint density at radius 2 is 2.05 bits per heavy atom. The molecule has 0 spiro atoms. The van der Waals surface area contributed by atoms with Crippen molar-refractivity contribution in [3.8, 4) is 6.07 Å². The van der Waals surface area contributed by atoms with E-state index in [9.17, 15) is 5.26 Å². The van der Waals surface area contributed by atoms with E-state index in [2.05, 4.69) is 26.8 Å². The third kappa shape index (κ3) is 2.19. The Balaban J connectivity index is 0.00000180. The van der Waals surface area contributed by atoms with Crippen LogP contribution in [0.2, 0.25) is 0 Å². The maximum atomic E-state index is 9.23. The summed E-state index contributed by atoms with van der Waals surface area (Å²) in [6.45, 7) is 8.19. The first-order valence-corrected chi connectivity index (χ1v) is 6.69. The van der Waals surface area contributed by atoms with Crippen LogP contribution in [0.1, 0.15) is 51.1 Å². The summed E-state index contributed by atoms with van der Waals surface area (Å²) in [5, 5.41) is 17.8. The van der Waals surface area contributed by atoms with Crippen LogP contribution in [-0.2, 0) is 6.42 Å². The molecule has 1 aromatic rings. The van der Waals surface area contributed by atoms with Gasteiger partial charge in [-0.1, -0.05) is 26.8 Å². The maximum absolute atomic E-state index is 9.23. The number of allylic oxidation sites excluding steroid dienone is 2. The van der Waals surface area contributed by atoms with Crippen LogP contribution in [0, 0.1) is 22.2 Å². The lowest BCUT2D eigenvalue weighted by atomic mass is 9.71. The first kappa shape index (κ1) is 15.5. The summed E-state index contributed by atoms with van der Waals surface area (Å²) in [7, 11) is 0. The van der Waals surface area contributed by atoms with Gasteiger partial charge in [0.05, 0.1) is 5.56 Å². The van der Waals surface area contributed by atoms with Gasteiger partial charge in [-0.2, -0.15) is 5.26 Å². The number of anilines is 1. The van der Waals surface area contributed by atoms with Gasteiger partial charge < -0.3 is 11.1 Å². The average molecular weight is 275 g/mol. The van der Waals surface area contributed by atoms with E-state index in [1.807, 2.05) is 0 Å². The Labute approximate surface area is 119 Å². The van der Waals surface area contributed by atoms with Crippen molar-refractivity contribution in [2.24, 2.45) is 5.41 Å². The molecule has 1 aromatic heterocycles. The molecule has 2 rings (SSSR count). The summed E-state index contributed by atoms with van der Waals surface area (Å²) in [6.07, 6.45) is 0.821. The minimum Gasteiger partial charge on any atom is -0.389 e. The van der Waals surface area contributed by atoms with E-state index >= 15 is 0 Å². The lowest BCUT2D eigenvalue weighted by Crippen LogP contribution is -2.24. The van der Waals surface area contributed by atoms with Gasteiger partial charge in [-0.25, -0.2) is 0 Å². The topological polar surface area (TPSA) is 73.7 Å². The van der Waals surface area contributed by atoms with Crippen LogP contribution in [0.5, 0.6) is 0 Å². The molecule has 102 valence electrons. The zero-order valence-electron chi connectivity index (χ0n) is 11.1. The molecule has 0 bridgehead atoms. The van der Waals surface area contributed by atoms with Gasteiger partial charge in [0.25, 0.3) is 0 Å². The fourth-order valence-corrected chi connectivity index (χ4v) is 3.71. The summed E-state index contributed by atoms with van der Waals surface area (Å²) >= 11 is 1.44. The molecule has 1 aliphatic rings. The Hall–Kier alpha value is -1.60. The third-order valence-electron chi connectivity index (χ3n) is 3.76. The van der Waals surface area contributed by atoms with Crippen LogP contribution in [0.4, 0.5) is 5.00 Å². The fraction of sp³-hybridized carbons (Fsp3) is 0.467. The molecular weight excluding hydrogens is 254 g/mol. The van der Waals surface area contributed by atoms with E-state index in [1.165, 1.54) is 16.9 Å². The molecule has 0 atom stereocenters. The molecule has 0 saturated heterocycles.